The van der Waals surface area contributed by atoms with Gasteiger partial charge in [0.05, 0.1) is 0 Å². The van der Waals surface area contributed by atoms with Crippen molar-refractivity contribution in [3.05, 3.63) is 50.6 Å². The van der Waals surface area contributed by atoms with Crippen molar-refractivity contribution in [1.82, 2.24) is 0 Å². The van der Waals surface area contributed by atoms with Crippen LogP contribution >= 0.6 is 0 Å². The van der Waals surface area contributed by atoms with Crippen molar-refractivity contribution in [2.45, 2.75) is 0 Å². The van der Waals surface area contributed by atoms with E-state index in [1.54, 1.807) is 0 Å². The van der Waals surface area contributed by atoms with Crippen molar-refractivity contribution in [2.24, 2.45) is 0 Å². The molecule has 0 heterocycles. The fraction of sp³-hybridized carbons (Fsp3) is 0. The molecule has 0 aliphatic carbocycles. The second-order valence-corrected chi connectivity index (χ2v) is 1.19. The summed E-state index contributed by atoms with van der Waals surface area (Å²) in [5.41, 5.74) is 0. The third kappa shape index (κ3) is 1300. The van der Waals surface area contributed by atoms with E-state index < -0.39 is 25.4 Å². The van der Waals surface area contributed by atoms with Crippen molar-refractivity contribution >= 4 is 0 Å². The third-order valence-electron chi connectivity index (χ3n) is 0. The normalized spacial score (nSPS) is 5.45. The van der Waals surface area contributed by atoms with Gasteiger partial charge in [0.15, 0.2) is 0 Å². The molecule has 0 aromatic rings. The molecule has 0 bridgehead atoms. The van der Waals surface area contributed by atoms with Crippen LogP contribution in [0.15, 0.2) is 0 Å². The van der Waals surface area contributed by atoms with Gasteiger partial charge in [-0.3, -0.25) is 0 Å². The third-order valence-corrected chi connectivity index (χ3v) is 0. The molecule has 22 heteroatoms. The predicted octanol–water partition coefficient (Wildman–Crippen LogP) is -7.51. The molecule has 0 atom stereocenters. The molecule has 5 N–H and O–H groups in total. The van der Waals surface area contributed by atoms with Crippen LogP contribution in [0.3, 0.4) is 0 Å². The topological polar surface area (TPSA) is 317 Å². The van der Waals surface area contributed by atoms with Gasteiger partial charge in [-0.2, -0.15) is 0 Å². The van der Waals surface area contributed by atoms with Crippen LogP contribution in [0.1, 0.15) is 2.85 Å². The van der Waals surface area contributed by atoms with E-state index in [2.05, 4.69) is 0 Å². The predicted molar refractivity (Wildman–Crippen MR) is 46.1 cm³/mol. The SMILES string of the molecule is O=[N+]([O-])O.O=[N+]([O-])O.O=[N+]([O-])O.O=[N+]([O-])O.O=[N+]([O-])O.[H-].[H-].[Na+].[Na+]. The molecule has 124 valence electrons. The quantitative estimate of drug-likeness (QED) is 0.151. The molecule has 0 saturated carbocycles. The molecule has 0 aromatic heterocycles. The first-order valence-electron chi connectivity index (χ1n) is 2.83. The van der Waals surface area contributed by atoms with Crippen molar-refractivity contribution < 1.29 is 113 Å². The minimum atomic E-state index is -1.50. The van der Waals surface area contributed by atoms with Gasteiger partial charge < -0.3 is 28.9 Å². The Balaban J connectivity index is -0.0000000161. The molecule has 0 saturated heterocycles. The Bertz CT molecular complexity index is 221. The molecule has 0 aromatic carbocycles. The minimum Gasteiger partial charge on any atom is -1.00 e. The van der Waals surface area contributed by atoms with Gasteiger partial charge in [0.2, 0.25) is 0 Å². The molecule has 20 nitrogen and oxygen atoms in total. The molecule has 0 rings (SSSR count). The smallest absolute Gasteiger partial charge is 1.00 e. The van der Waals surface area contributed by atoms with Gasteiger partial charge >= 0.3 is 59.1 Å². The minimum absolute atomic E-state index is 0. The summed E-state index contributed by atoms with van der Waals surface area (Å²) >= 11 is 0. The second kappa shape index (κ2) is 36.4. The standard InChI is InChI=1S/5HNO3.2Na.2H/c5*2-1(3)4;;;;/h5*(H,2,3,4);;;;/q;;;;;2*+1;2*-1. The van der Waals surface area contributed by atoms with Crippen LogP contribution in [0.5, 0.6) is 0 Å². The van der Waals surface area contributed by atoms with Gasteiger partial charge in [-0.05, 0) is 0 Å². The van der Waals surface area contributed by atoms with Gasteiger partial charge in [0.25, 0.3) is 25.4 Å². The maximum Gasteiger partial charge on any atom is 1.00 e. The van der Waals surface area contributed by atoms with E-state index >= 15 is 0 Å². The van der Waals surface area contributed by atoms with Crippen LogP contribution in [0.2, 0.25) is 0 Å². The van der Waals surface area contributed by atoms with Crippen molar-refractivity contribution in [3.8, 4) is 0 Å². The second-order valence-electron chi connectivity index (χ2n) is 1.19. The van der Waals surface area contributed by atoms with Gasteiger partial charge in [-0.25, -0.2) is 0 Å². The molecule has 0 fully saturated rings. The fourth-order valence-corrected chi connectivity index (χ4v) is 0. The molecule has 0 spiro atoms. The molecular weight excluding hydrogens is 356 g/mol. The first kappa shape index (κ1) is 42.7. The largest absolute Gasteiger partial charge is 1.00 e. The number of nitrogens with zero attached hydrogens (tertiary/aromatic N) is 5. The summed E-state index contributed by atoms with van der Waals surface area (Å²) in [4.78, 5) is 41.8. The molecule has 22 heavy (non-hydrogen) atoms. The Kier molecular flexibility index (Phi) is 70.7. The Morgan fingerprint density at radius 1 is 0.455 bits per heavy atom. The van der Waals surface area contributed by atoms with Gasteiger partial charge in [-0.15, -0.1) is 50.6 Å². The molecule has 0 unspecified atom stereocenters. The Labute approximate surface area is 163 Å². The van der Waals surface area contributed by atoms with Crippen LogP contribution in [-0.4, -0.2) is 51.5 Å². The summed E-state index contributed by atoms with van der Waals surface area (Å²) in [6, 6.07) is 0. The van der Waals surface area contributed by atoms with Crippen LogP contribution in [0.4, 0.5) is 0 Å². The molecule has 0 aliphatic rings. The van der Waals surface area contributed by atoms with Crippen LogP contribution in [0.25, 0.3) is 0 Å². The Hall–Kier alpha value is -2.00. The van der Waals surface area contributed by atoms with Crippen molar-refractivity contribution in [2.75, 3.05) is 0 Å². The summed E-state index contributed by atoms with van der Waals surface area (Å²) in [6.07, 6.45) is 0. The zero-order chi connectivity index (χ0) is 17.9. The average molecular weight is 363 g/mol. The summed E-state index contributed by atoms with van der Waals surface area (Å²) in [7, 11) is 0. The Morgan fingerprint density at radius 3 is 0.455 bits per heavy atom. The van der Waals surface area contributed by atoms with Gasteiger partial charge in [0.1, 0.15) is 0 Å². The van der Waals surface area contributed by atoms with E-state index in [0.717, 1.165) is 0 Å². The Morgan fingerprint density at radius 2 is 0.455 bits per heavy atom. The van der Waals surface area contributed by atoms with E-state index in [1.807, 2.05) is 0 Å². The first-order chi connectivity index (χ1) is 8.66. The summed E-state index contributed by atoms with van der Waals surface area (Å²) in [5, 5.41) is 68.2. The average Bonchev–Trinajstić information content (AvgIpc) is 1.94. The van der Waals surface area contributed by atoms with E-state index in [9.17, 15) is 0 Å². The van der Waals surface area contributed by atoms with E-state index in [1.165, 1.54) is 0 Å². The van der Waals surface area contributed by atoms with Crippen molar-refractivity contribution in [1.29, 1.82) is 0 Å². The van der Waals surface area contributed by atoms with E-state index in [-0.39, 0.29) is 62.0 Å². The van der Waals surface area contributed by atoms with Gasteiger partial charge in [0, 0.05) is 0 Å². The maximum absolute atomic E-state index is 8.36. The zero-order valence-corrected chi connectivity index (χ0v) is 14.6. The molecule has 0 aliphatic heterocycles. The summed E-state index contributed by atoms with van der Waals surface area (Å²) in [6.45, 7) is 0. The summed E-state index contributed by atoms with van der Waals surface area (Å²) in [5.74, 6) is 0. The van der Waals surface area contributed by atoms with Crippen molar-refractivity contribution in [3.63, 3.8) is 0 Å². The molecule has 0 amide bonds. The number of hydrogen-bond acceptors (Lipinski definition) is 10. The fourth-order valence-electron chi connectivity index (χ4n) is 0. The summed E-state index contributed by atoms with van der Waals surface area (Å²) < 4.78 is 0. The van der Waals surface area contributed by atoms with Crippen LogP contribution < -0.4 is 59.1 Å². The van der Waals surface area contributed by atoms with Crippen LogP contribution in [0, 0.1) is 50.6 Å². The molecular formula is H7N5Na2O15. The first-order valence-corrected chi connectivity index (χ1v) is 2.83. The van der Waals surface area contributed by atoms with E-state index in [4.69, 9.17) is 76.6 Å². The number of hydrogen-bond donors (Lipinski definition) is 5. The monoisotopic (exact) mass is 363 g/mol. The number of rotatable bonds is 0. The maximum atomic E-state index is 8.36. The molecule has 0 radical (unpaired) electrons. The van der Waals surface area contributed by atoms with E-state index in [0.29, 0.717) is 0 Å². The van der Waals surface area contributed by atoms with Gasteiger partial charge in [-0.1, -0.05) is 0 Å². The van der Waals surface area contributed by atoms with Crippen LogP contribution in [-0.2, 0) is 0 Å². The zero-order valence-electron chi connectivity index (χ0n) is 12.6.